The van der Waals surface area contributed by atoms with E-state index < -0.39 is 5.54 Å². The third-order valence-corrected chi connectivity index (χ3v) is 1.61. The van der Waals surface area contributed by atoms with E-state index in [1.54, 1.807) is 0 Å². The predicted molar refractivity (Wildman–Crippen MR) is 47.1 cm³/mol. The molecule has 0 atom stereocenters. The molecule has 0 bridgehead atoms. The average molecular weight is 161 g/mol. The van der Waals surface area contributed by atoms with E-state index in [1.165, 1.54) is 0 Å². The SMILES string of the molecule is CCCOC(=S)C(C)(C)N. The molecule has 10 heavy (non-hydrogen) atoms. The minimum absolute atomic E-state index is 0.482. The first-order valence-electron chi connectivity index (χ1n) is 3.44. The fourth-order valence-electron chi connectivity index (χ4n) is 0.381. The molecule has 0 aromatic heterocycles. The number of hydrogen-bond acceptors (Lipinski definition) is 3. The van der Waals surface area contributed by atoms with E-state index in [1.807, 2.05) is 20.8 Å². The standard InChI is InChI=1S/C7H15NOS/c1-4-5-9-6(10)7(2,3)8/h4-5,8H2,1-3H3. The van der Waals surface area contributed by atoms with Crippen LogP contribution in [0.3, 0.4) is 0 Å². The van der Waals surface area contributed by atoms with Crippen LogP contribution >= 0.6 is 12.2 Å². The molecule has 0 amide bonds. The Morgan fingerprint density at radius 1 is 1.60 bits per heavy atom. The van der Waals surface area contributed by atoms with Crippen molar-refractivity contribution in [2.75, 3.05) is 6.61 Å². The van der Waals surface area contributed by atoms with Gasteiger partial charge in [-0.2, -0.15) is 0 Å². The molecule has 0 aliphatic rings. The molecular weight excluding hydrogens is 146 g/mol. The van der Waals surface area contributed by atoms with E-state index in [9.17, 15) is 0 Å². The van der Waals surface area contributed by atoms with Gasteiger partial charge in [0.1, 0.15) is 0 Å². The average Bonchev–Trinajstić information content (AvgIpc) is 1.80. The van der Waals surface area contributed by atoms with Crippen LogP contribution in [-0.2, 0) is 4.74 Å². The third-order valence-electron chi connectivity index (χ3n) is 0.963. The summed E-state index contributed by atoms with van der Waals surface area (Å²) < 4.78 is 5.16. The molecule has 0 aliphatic carbocycles. The van der Waals surface area contributed by atoms with Crippen LogP contribution in [0.25, 0.3) is 0 Å². The summed E-state index contributed by atoms with van der Waals surface area (Å²) in [5.41, 5.74) is 5.17. The Kier molecular flexibility index (Phi) is 3.83. The molecule has 0 saturated heterocycles. The highest BCUT2D eigenvalue weighted by Crippen LogP contribution is 2.02. The van der Waals surface area contributed by atoms with Gasteiger partial charge in [-0.05, 0) is 32.5 Å². The van der Waals surface area contributed by atoms with Gasteiger partial charge in [-0.1, -0.05) is 6.92 Å². The molecule has 0 fully saturated rings. The summed E-state index contributed by atoms with van der Waals surface area (Å²) in [4.78, 5) is 0. The van der Waals surface area contributed by atoms with Gasteiger partial charge in [0.25, 0.3) is 0 Å². The van der Waals surface area contributed by atoms with E-state index in [0.717, 1.165) is 6.42 Å². The summed E-state index contributed by atoms with van der Waals surface area (Å²) >= 11 is 4.91. The summed E-state index contributed by atoms with van der Waals surface area (Å²) in [6, 6.07) is 0. The molecule has 0 aromatic rings. The molecule has 0 unspecified atom stereocenters. The van der Waals surface area contributed by atoms with Crippen molar-refractivity contribution in [2.45, 2.75) is 32.7 Å². The maximum atomic E-state index is 5.65. The van der Waals surface area contributed by atoms with Gasteiger partial charge in [0.15, 0.2) is 5.05 Å². The van der Waals surface area contributed by atoms with Gasteiger partial charge in [0, 0.05) is 0 Å². The lowest BCUT2D eigenvalue weighted by Crippen LogP contribution is -2.41. The van der Waals surface area contributed by atoms with Crippen LogP contribution in [0.2, 0.25) is 0 Å². The Balaban J connectivity index is 3.64. The maximum absolute atomic E-state index is 5.65. The molecule has 0 spiro atoms. The van der Waals surface area contributed by atoms with Crippen molar-refractivity contribution in [1.82, 2.24) is 0 Å². The minimum atomic E-state index is -0.482. The summed E-state index contributed by atoms with van der Waals surface area (Å²) in [6.07, 6.45) is 0.968. The van der Waals surface area contributed by atoms with Crippen LogP contribution in [0.1, 0.15) is 27.2 Å². The quantitative estimate of drug-likeness (QED) is 0.637. The van der Waals surface area contributed by atoms with Crippen molar-refractivity contribution in [3.05, 3.63) is 0 Å². The minimum Gasteiger partial charge on any atom is -0.485 e. The van der Waals surface area contributed by atoms with E-state index in [-0.39, 0.29) is 0 Å². The number of nitrogens with two attached hydrogens (primary N) is 1. The molecule has 0 heterocycles. The summed E-state index contributed by atoms with van der Waals surface area (Å²) in [5, 5.41) is 0.495. The highest BCUT2D eigenvalue weighted by Gasteiger charge is 2.18. The molecular formula is C7H15NOS. The van der Waals surface area contributed by atoms with Gasteiger partial charge >= 0.3 is 0 Å². The Morgan fingerprint density at radius 2 is 2.10 bits per heavy atom. The molecule has 3 heteroatoms. The number of ether oxygens (including phenoxy) is 1. The molecule has 0 aromatic carbocycles. The van der Waals surface area contributed by atoms with Gasteiger partial charge in [0.2, 0.25) is 0 Å². The molecule has 60 valence electrons. The Morgan fingerprint density at radius 3 is 2.40 bits per heavy atom. The van der Waals surface area contributed by atoms with E-state index in [2.05, 4.69) is 0 Å². The zero-order valence-electron chi connectivity index (χ0n) is 6.81. The first kappa shape index (κ1) is 9.85. The Bertz CT molecular complexity index is 117. The highest BCUT2D eigenvalue weighted by molar-refractivity contribution is 7.80. The fourth-order valence-corrected chi connectivity index (χ4v) is 0.464. The molecule has 0 saturated carbocycles. The van der Waals surface area contributed by atoms with Crippen molar-refractivity contribution in [3.8, 4) is 0 Å². The lowest BCUT2D eigenvalue weighted by atomic mass is 10.1. The second kappa shape index (κ2) is 3.88. The van der Waals surface area contributed by atoms with Gasteiger partial charge in [0.05, 0.1) is 12.1 Å². The molecule has 0 radical (unpaired) electrons. The monoisotopic (exact) mass is 161 g/mol. The molecule has 2 N–H and O–H groups in total. The number of rotatable bonds is 3. The first-order valence-corrected chi connectivity index (χ1v) is 3.85. The highest BCUT2D eigenvalue weighted by atomic mass is 32.1. The Hall–Kier alpha value is -0.150. The van der Waals surface area contributed by atoms with Crippen LogP contribution in [0.5, 0.6) is 0 Å². The zero-order valence-corrected chi connectivity index (χ0v) is 7.62. The second-order valence-corrected chi connectivity index (χ2v) is 3.23. The van der Waals surface area contributed by atoms with Crippen LogP contribution < -0.4 is 5.73 Å². The fraction of sp³-hybridized carbons (Fsp3) is 0.857. The van der Waals surface area contributed by atoms with Crippen LogP contribution in [-0.4, -0.2) is 17.2 Å². The normalized spacial score (nSPS) is 11.2. The van der Waals surface area contributed by atoms with Crippen LogP contribution in [0.15, 0.2) is 0 Å². The lowest BCUT2D eigenvalue weighted by molar-refractivity contribution is 0.288. The summed E-state index contributed by atoms with van der Waals surface area (Å²) in [7, 11) is 0. The Labute approximate surface area is 67.7 Å². The van der Waals surface area contributed by atoms with Crippen molar-refractivity contribution in [1.29, 1.82) is 0 Å². The zero-order chi connectivity index (χ0) is 8.20. The van der Waals surface area contributed by atoms with Crippen molar-refractivity contribution in [3.63, 3.8) is 0 Å². The number of hydrogen-bond donors (Lipinski definition) is 1. The van der Waals surface area contributed by atoms with Crippen molar-refractivity contribution >= 4 is 17.3 Å². The van der Waals surface area contributed by atoms with Gasteiger partial charge in [-0.25, -0.2) is 0 Å². The van der Waals surface area contributed by atoms with E-state index in [4.69, 9.17) is 22.7 Å². The summed E-state index contributed by atoms with van der Waals surface area (Å²) in [6.45, 7) is 6.38. The van der Waals surface area contributed by atoms with Gasteiger partial charge in [-0.15, -0.1) is 0 Å². The first-order chi connectivity index (χ1) is 4.48. The second-order valence-electron chi connectivity index (χ2n) is 2.86. The summed E-state index contributed by atoms with van der Waals surface area (Å²) in [5.74, 6) is 0. The lowest BCUT2D eigenvalue weighted by Gasteiger charge is -2.19. The van der Waals surface area contributed by atoms with Gasteiger partial charge < -0.3 is 10.5 Å². The molecule has 0 rings (SSSR count). The number of thiocarbonyl (C=S) groups is 1. The largest absolute Gasteiger partial charge is 0.485 e. The van der Waals surface area contributed by atoms with E-state index >= 15 is 0 Å². The van der Waals surface area contributed by atoms with Crippen molar-refractivity contribution in [2.24, 2.45) is 5.73 Å². The maximum Gasteiger partial charge on any atom is 0.178 e. The van der Waals surface area contributed by atoms with Crippen LogP contribution in [0.4, 0.5) is 0 Å². The predicted octanol–water partition coefficient (Wildman–Crippen LogP) is 1.48. The topological polar surface area (TPSA) is 35.2 Å². The van der Waals surface area contributed by atoms with Crippen molar-refractivity contribution < 1.29 is 4.74 Å². The molecule has 2 nitrogen and oxygen atoms in total. The molecule has 0 aliphatic heterocycles. The van der Waals surface area contributed by atoms with E-state index in [0.29, 0.717) is 11.7 Å². The smallest absolute Gasteiger partial charge is 0.178 e. The van der Waals surface area contributed by atoms with Crippen LogP contribution in [0, 0.1) is 0 Å². The third kappa shape index (κ3) is 3.80. The van der Waals surface area contributed by atoms with Gasteiger partial charge in [-0.3, -0.25) is 0 Å².